The van der Waals surface area contributed by atoms with Gasteiger partial charge in [0.25, 0.3) is 5.69 Å². The number of hydrogen-bond acceptors (Lipinski definition) is 6. The van der Waals surface area contributed by atoms with Gasteiger partial charge in [-0.1, -0.05) is 12.1 Å². The molecule has 0 heterocycles. The quantitative estimate of drug-likeness (QED) is 0.491. The third-order valence-electron chi connectivity index (χ3n) is 2.39. The molecule has 0 amide bonds. The summed E-state index contributed by atoms with van der Waals surface area (Å²) in [6.07, 6.45) is 0. The molecule has 0 N–H and O–H groups in total. The number of non-ortho nitro benzene ring substituents is 1. The molecule has 0 aliphatic heterocycles. The van der Waals surface area contributed by atoms with E-state index in [0.717, 1.165) is 0 Å². The number of nitro benzene ring substituents is 1. The fraction of sp³-hybridized carbons (Fsp3) is 0. The van der Waals surface area contributed by atoms with Gasteiger partial charge in [0.1, 0.15) is 11.5 Å². The Labute approximate surface area is 125 Å². The highest BCUT2D eigenvalue weighted by Crippen LogP contribution is 2.20. The van der Waals surface area contributed by atoms with Gasteiger partial charge in [-0.05, 0) is 24.3 Å². The predicted molar refractivity (Wildman–Crippen MR) is 78.1 cm³/mol. The van der Waals surface area contributed by atoms with Crippen LogP contribution < -0.4 is 9.47 Å². The lowest BCUT2D eigenvalue weighted by Gasteiger charge is -2.08. The van der Waals surface area contributed by atoms with Crippen LogP contribution in [0.1, 0.15) is 5.56 Å². The standard InChI is InChI=1S/C14H8N2O4S/c15-9-10-3-1-5-12(7-10)19-14(21)20-13-6-2-4-11(8-13)16(17)18/h1-8H. The normalized spacial score (nSPS) is 9.48. The lowest BCUT2D eigenvalue weighted by atomic mass is 10.2. The van der Waals surface area contributed by atoms with Crippen LogP contribution in [0.3, 0.4) is 0 Å². The Morgan fingerprint density at radius 2 is 1.76 bits per heavy atom. The van der Waals surface area contributed by atoms with Gasteiger partial charge in [0.05, 0.1) is 22.6 Å². The smallest absolute Gasteiger partial charge is 0.363 e. The second kappa shape index (κ2) is 6.45. The van der Waals surface area contributed by atoms with Crippen molar-refractivity contribution in [3.8, 4) is 17.6 Å². The molecular weight excluding hydrogens is 292 g/mol. The Kier molecular flexibility index (Phi) is 4.43. The highest BCUT2D eigenvalue weighted by Gasteiger charge is 2.09. The number of nitriles is 1. The summed E-state index contributed by atoms with van der Waals surface area (Å²) in [6.45, 7) is 0. The van der Waals surface area contributed by atoms with E-state index in [0.29, 0.717) is 11.3 Å². The van der Waals surface area contributed by atoms with E-state index in [-0.39, 0.29) is 16.7 Å². The first-order valence-corrected chi connectivity index (χ1v) is 6.13. The molecule has 0 aromatic heterocycles. The van der Waals surface area contributed by atoms with Gasteiger partial charge in [-0.25, -0.2) is 0 Å². The maximum absolute atomic E-state index is 10.7. The maximum Gasteiger partial charge on any atom is 0.363 e. The summed E-state index contributed by atoms with van der Waals surface area (Å²) in [5, 5.41) is 19.2. The number of thiocarbonyl (C=S) groups is 1. The second-order valence-electron chi connectivity index (χ2n) is 3.85. The topological polar surface area (TPSA) is 85.4 Å². The molecule has 21 heavy (non-hydrogen) atoms. The summed E-state index contributed by atoms with van der Waals surface area (Å²) in [6, 6.07) is 13.9. The van der Waals surface area contributed by atoms with Crippen molar-refractivity contribution in [3.05, 3.63) is 64.2 Å². The van der Waals surface area contributed by atoms with Crippen molar-refractivity contribution in [1.29, 1.82) is 5.26 Å². The molecule has 0 aliphatic carbocycles. The summed E-state index contributed by atoms with van der Waals surface area (Å²) < 4.78 is 10.5. The van der Waals surface area contributed by atoms with Crippen LogP contribution in [0, 0.1) is 21.4 Å². The highest BCUT2D eigenvalue weighted by molar-refractivity contribution is 7.79. The summed E-state index contributed by atoms with van der Waals surface area (Å²) in [5.74, 6) is 0.551. The van der Waals surface area contributed by atoms with Crippen LogP contribution in [-0.2, 0) is 0 Å². The van der Waals surface area contributed by atoms with Crippen molar-refractivity contribution in [1.82, 2.24) is 0 Å². The zero-order chi connectivity index (χ0) is 15.2. The van der Waals surface area contributed by atoms with Gasteiger partial charge in [0, 0.05) is 18.3 Å². The van der Waals surface area contributed by atoms with Gasteiger partial charge in [0.2, 0.25) is 0 Å². The van der Waals surface area contributed by atoms with Crippen molar-refractivity contribution in [2.75, 3.05) is 0 Å². The third-order valence-corrected chi connectivity index (χ3v) is 2.56. The number of ether oxygens (including phenoxy) is 2. The van der Waals surface area contributed by atoms with Crippen LogP contribution >= 0.6 is 12.2 Å². The molecule has 0 saturated heterocycles. The first kappa shape index (κ1) is 14.4. The molecule has 2 aromatic rings. The Bertz CT molecular complexity index is 740. The largest absolute Gasteiger partial charge is 0.417 e. The molecule has 2 aromatic carbocycles. The number of benzene rings is 2. The van der Waals surface area contributed by atoms with Crippen LogP contribution in [0.5, 0.6) is 11.5 Å². The van der Waals surface area contributed by atoms with E-state index in [2.05, 4.69) is 0 Å². The molecule has 0 atom stereocenters. The number of nitro groups is 1. The zero-order valence-electron chi connectivity index (χ0n) is 10.6. The SMILES string of the molecule is N#Cc1cccc(OC(=S)Oc2cccc([N+](=O)[O-])c2)c1. The summed E-state index contributed by atoms with van der Waals surface area (Å²) in [4.78, 5) is 10.1. The van der Waals surface area contributed by atoms with Crippen molar-refractivity contribution < 1.29 is 14.4 Å². The minimum Gasteiger partial charge on any atom is -0.417 e. The second-order valence-corrected chi connectivity index (χ2v) is 4.18. The van der Waals surface area contributed by atoms with Crippen molar-refractivity contribution in [2.45, 2.75) is 0 Å². The number of rotatable bonds is 3. The highest BCUT2D eigenvalue weighted by atomic mass is 32.1. The molecule has 7 heteroatoms. The van der Waals surface area contributed by atoms with E-state index < -0.39 is 4.92 Å². The minimum absolute atomic E-state index is 0.109. The van der Waals surface area contributed by atoms with Gasteiger partial charge in [-0.15, -0.1) is 0 Å². The molecular formula is C14H8N2O4S. The monoisotopic (exact) mass is 300 g/mol. The first-order chi connectivity index (χ1) is 10.1. The molecule has 2 rings (SSSR count). The molecule has 0 fully saturated rings. The van der Waals surface area contributed by atoms with Crippen LogP contribution in [0.2, 0.25) is 0 Å². The van der Waals surface area contributed by atoms with E-state index in [1.165, 1.54) is 30.3 Å². The Hall–Kier alpha value is -2.98. The van der Waals surface area contributed by atoms with Crippen LogP contribution in [-0.4, -0.2) is 10.2 Å². The van der Waals surface area contributed by atoms with Gasteiger partial charge in [-0.3, -0.25) is 10.1 Å². The molecule has 6 nitrogen and oxygen atoms in total. The lowest BCUT2D eigenvalue weighted by Crippen LogP contribution is -2.13. The molecule has 0 bridgehead atoms. The van der Waals surface area contributed by atoms with Crippen LogP contribution in [0.4, 0.5) is 5.69 Å². The van der Waals surface area contributed by atoms with Crippen molar-refractivity contribution >= 4 is 23.1 Å². The third kappa shape index (κ3) is 3.99. The number of hydrogen-bond donors (Lipinski definition) is 0. The fourth-order valence-corrected chi connectivity index (χ4v) is 1.70. The minimum atomic E-state index is -0.535. The van der Waals surface area contributed by atoms with Gasteiger partial charge >= 0.3 is 5.24 Å². The van der Waals surface area contributed by atoms with Crippen molar-refractivity contribution in [2.24, 2.45) is 0 Å². The Balaban J connectivity index is 2.06. The van der Waals surface area contributed by atoms with E-state index in [4.69, 9.17) is 27.0 Å². The predicted octanol–water partition coefficient (Wildman–Crippen LogP) is 3.21. The molecule has 0 spiro atoms. The Morgan fingerprint density at radius 1 is 1.14 bits per heavy atom. The van der Waals surface area contributed by atoms with Gasteiger partial charge in [-0.2, -0.15) is 5.26 Å². The summed E-state index contributed by atoms with van der Waals surface area (Å²) in [7, 11) is 0. The molecule has 104 valence electrons. The van der Waals surface area contributed by atoms with Crippen molar-refractivity contribution in [3.63, 3.8) is 0 Å². The van der Waals surface area contributed by atoms with E-state index in [1.54, 1.807) is 18.2 Å². The lowest BCUT2D eigenvalue weighted by molar-refractivity contribution is -0.384. The molecule has 0 saturated carbocycles. The van der Waals surface area contributed by atoms with Gasteiger partial charge in [0.15, 0.2) is 0 Å². The Morgan fingerprint density at radius 3 is 2.38 bits per heavy atom. The van der Waals surface area contributed by atoms with Crippen LogP contribution in [0.25, 0.3) is 0 Å². The average Bonchev–Trinajstić information content (AvgIpc) is 2.47. The zero-order valence-corrected chi connectivity index (χ0v) is 11.4. The number of nitrogens with zero attached hydrogens (tertiary/aromatic N) is 2. The molecule has 0 unspecified atom stereocenters. The average molecular weight is 300 g/mol. The summed E-state index contributed by atoms with van der Waals surface area (Å²) >= 11 is 4.91. The van der Waals surface area contributed by atoms with E-state index in [1.807, 2.05) is 6.07 Å². The molecule has 0 radical (unpaired) electrons. The van der Waals surface area contributed by atoms with E-state index >= 15 is 0 Å². The first-order valence-electron chi connectivity index (χ1n) is 5.73. The van der Waals surface area contributed by atoms with Gasteiger partial charge < -0.3 is 9.47 Å². The fourth-order valence-electron chi connectivity index (χ4n) is 1.50. The maximum atomic E-state index is 10.7. The summed E-state index contributed by atoms with van der Waals surface area (Å²) in [5.41, 5.74) is 0.312. The van der Waals surface area contributed by atoms with Crippen LogP contribution in [0.15, 0.2) is 48.5 Å². The molecule has 0 aliphatic rings. The van der Waals surface area contributed by atoms with E-state index in [9.17, 15) is 10.1 Å².